The Balaban J connectivity index is 1.74. The molecule has 3 aliphatic rings. The van der Waals surface area contributed by atoms with Crippen LogP contribution < -0.4 is 0 Å². The monoisotopic (exact) mass is 341 g/mol. The minimum atomic E-state index is -0.211. The standard InChI is InChI=1S/C21H27NO3/c1-20(2)7-6-15-16(12-24)18(5-4-17(15)20)21(3)9-13-10-22-25-19(13)8-14(21)11-23/h10-12,14,16,18H,4-9H2,1-3H3/t14-,16+,18+,21+/m1/s1. The van der Waals surface area contributed by atoms with E-state index in [4.69, 9.17) is 4.52 Å². The molecule has 0 saturated heterocycles. The number of aromatic nitrogens is 1. The molecule has 25 heavy (non-hydrogen) atoms. The molecule has 0 radical (unpaired) electrons. The predicted molar refractivity (Wildman–Crippen MR) is 93.9 cm³/mol. The minimum Gasteiger partial charge on any atom is -0.361 e. The van der Waals surface area contributed by atoms with E-state index in [-0.39, 0.29) is 28.6 Å². The second-order valence-corrected chi connectivity index (χ2v) is 9.10. The summed E-state index contributed by atoms with van der Waals surface area (Å²) >= 11 is 0. The summed E-state index contributed by atoms with van der Waals surface area (Å²) in [6, 6.07) is 0. The summed E-state index contributed by atoms with van der Waals surface area (Å²) in [5.41, 5.74) is 4.00. The molecule has 1 heterocycles. The Morgan fingerprint density at radius 3 is 2.72 bits per heavy atom. The number of fused-ring (bicyclic) bond motifs is 1. The van der Waals surface area contributed by atoms with Gasteiger partial charge in [0.1, 0.15) is 18.3 Å². The number of nitrogens with zero attached hydrogens (tertiary/aromatic N) is 1. The highest BCUT2D eigenvalue weighted by Crippen LogP contribution is 2.57. The molecule has 1 aromatic rings. The summed E-state index contributed by atoms with van der Waals surface area (Å²) < 4.78 is 5.33. The van der Waals surface area contributed by atoms with Crippen LogP contribution in [-0.4, -0.2) is 17.7 Å². The molecule has 3 aliphatic carbocycles. The molecular weight excluding hydrogens is 314 g/mol. The van der Waals surface area contributed by atoms with Gasteiger partial charge in [0.2, 0.25) is 0 Å². The largest absolute Gasteiger partial charge is 0.361 e. The van der Waals surface area contributed by atoms with E-state index in [1.54, 1.807) is 6.20 Å². The molecule has 0 aromatic carbocycles. The molecule has 0 bridgehead atoms. The van der Waals surface area contributed by atoms with Crippen LogP contribution >= 0.6 is 0 Å². The van der Waals surface area contributed by atoms with Gasteiger partial charge in [-0.2, -0.15) is 0 Å². The van der Waals surface area contributed by atoms with E-state index in [0.717, 1.165) is 56.0 Å². The third-order valence-electron chi connectivity index (χ3n) is 7.48. The van der Waals surface area contributed by atoms with Crippen LogP contribution in [0.25, 0.3) is 0 Å². The van der Waals surface area contributed by atoms with Crippen molar-refractivity contribution >= 4 is 12.6 Å². The fourth-order valence-corrected chi connectivity index (χ4v) is 5.87. The van der Waals surface area contributed by atoms with E-state index in [1.807, 2.05) is 0 Å². The zero-order valence-electron chi connectivity index (χ0n) is 15.4. The summed E-state index contributed by atoms with van der Waals surface area (Å²) in [6.07, 6.45) is 9.64. The zero-order chi connectivity index (χ0) is 17.8. The Morgan fingerprint density at radius 2 is 2.00 bits per heavy atom. The summed E-state index contributed by atoms with van der Waals surface area (Å²) in [7, 11) is 0. The van der Waals surface area contributed by atoms with Crippen LogP contribution in [0.4, 0.5) is 0 Å². The quantitative estimate of drug-likeness (QED) is 0.617. The van der Waals surface area contributed by atoms with Crippen molar-refractivity contribution in [2.75, 3.05) is 0 Å². The van der Waals surface area contributed by atoms with Gasteiger partial charge in [-0.05, 0) is 48.9 Å². The number of hydrogen-bond acceptors (Lipinski definition) is 4. The molecule has 4 atom stereocenters. The fourth-order valence-electron chi connectivity index (χ4n) is 5.87. The smallest absolute Gasteiger partial charge is 0.140 e. The van der Waals surface area contributed by atoms with Gasteiger partial charge in [0.25, 0.3) is 0 Å². The van der Waals surface area contributed by atoms with E-state index in [1.165, 1.54) is 11.1 Å². The van der Waals surface area contributed by atoms with Gasteiger partial charge >= 0.3 is 0 Å². The second kappa shape index (κ2) is 5.65. The van der Waals surface area contributed by atoms with Crippen molar-refractivity contribution < 1.29 is 14.1 Å². The molecule has 1 aromatic heterocycles. The molecule has 4 rings (SSSR count). The predicted octanol–water partition coefficient (Wildman–Crippen LogP) is 3.94. The summed E-state index contributed by atoms with van der Waals surface area (Å²) in [6.45, 7) is 6.81. The second-order valence-electron chi connectivity index (χ2n) is 9.10. The van der Waals surface area contributed by atoms with Gasteiger partial charge in [-0.3, -0.25) is 0 Å². The first-order valence-electron chi connectivity index (χ1n) is 9.46. The van der Waals surface area contributed by atoms with Crippen LogP contribution in [0.5, 0.6) is 0 Å². The van der Waals surface area contributed by atoms with Crippen molar-refractivity contribution in [2.45, 2.75) is 59.3 Å². The molecule has 4 nitrogen and oxygen atoms in total. The lowest BCUT2D eigenvalue weighted by Gasteiger charge is -2.48. The maximum atomic E-state index is 12.1. The average Bonchev–Trinajstić information content (AvgIpc) is 3.16. The molecule has 0 unspecified atom stereocenters. The van der Waals surface area contributed by atoms with Gasteiger partial charge in [0.05, 0.1) is 6.20 Å². The zero-order valence-corrected chi connectivity index (χ0v) is 15.4. The van der Waals surface area contributed by atoms with Crippen LogP contribution in [0.1, 0.15) is 57.8 Å². The molecule has 0 fully saturated rings. The lowest BCUT2D eigenvalue weighted by molar-refractivity contribution is -0.121. The molecule has 0 saturated carbocycles. The van der Waals surface area contributed by atoms with E-state index in [9.17, 15) is 9.59 Å². The maximum Gasteiger partial charge on any atom is 0.140 e. The van der Waals surface area contributed by atoms with Gasteiger partial charge in [-0.15, -0.1) is 0 Å². The van der Waals surface area contributed by atoms with Crippen molar-refractivity contribution in [2.24, 2.45) is 28.6 Å². The number of aldehydes is 2. The molecule has 134 valence electrons. The molecule has 0 N–H and O–H groups in total. The number of carbonyl (C=O) groups excluding carboxylic acids is 2. The number of rotatable bonds is 3. The van der Waals surface area contributed by atoms with Crippen LogP contribution in [0.15, 0.2) is 21.9 Å². The van der Waals surface area contributed by atoms with E-state index in [2.05, 4.69) is 25.9 Å². The Labute approximate surface area is 149 Å². The van der Waals surface area contributed by atoms with Crippen LogP contribution in [0.3, 0.4) is 0 Å². The van der Waals surface area contributed by atoms with Crippen LogP contribution in [-0.2, 0) is 22.4 Å². The first-order valence-corrected chi connectivity index (χ1v) is 9.46. The highest BCUT2D eigenvalue weighted by Gasteiger charge is 2.52. The molecule has 0 spiro atoms. The summed E-state index contributed by atoms with van der Waals surface area (Å²) in [5, 5.41) is 3.92. The van der Waals surface area contributed by atoms with Gasteiger partial charge in [-0.25, -0.2) is 0 Å². The summed E-state index contributed by atoms with van der Waals surface area (Å²) in [5.74, 6) is 0.905. The molecule has 4 heteroatoms. The topological polar surface area (TPSA) is 60.2 Å². The van der Waals surface area contributed by atoms with Crippen LogP contribution in [0, 0.1) is 28.6 Å². The van der Waals surface area contributed by atoms with Crippen LogP contribution in [0.2, 0.25) is 0 Å². The van der Waals surface area contributed by atoms with Crippen molar-refractivity contribution in [3.63, 3.8) is 0 Å². The van der Waals surface area contributed by atoms with Gasteiger partial charge < -0.3 is 14.1 Å². The van der Waals surface area contributed by atoms with E-state index in [0.29, 0.717) is 6.42 Å². The van der Waals surface area contributed by atoms with Crippen molar-refractivity contribution in [3.8, 4) is 0 Å². The number of carbonyl (C=O) groups is 2. The third-order valence-corrected chi connectivity index (χ3v) is 7.48. The number of allylic oxidation sites excluding steroid dienone is 2. The lowest BCUT2D eigenvalue weighted by Crippen LogP contribution is -2.47. The van der Waals surface area contributed by atoms with Gasteiger partial charge in [-0.1, -0.05) is 37.1 Å². The van der Waals surface area contributed by atoms with Crippen molar-refractivity contribution in [1.82, 2.24) is 5.16 Å². The highest BCUT2D eigenvalue weighted by molar-refractivity contribution is 5.64. The van der Waals surface area contributed by atoms with Gasteiger partial charge in [0, 0.05) is 23.8 Å². The van der Waals surface area contributed by atoms with Crippen molar-refractivity contribution in [3.05, 3.63) is 28.7 Å². The van der Waals surface area contributed by atoms with E-state index >= 15 is 0 Å². The van der Waals surface area contributed by atoms with Crippen molar-refractivity contribution in [1.29, 1.82) is 0 Å². The highest BCUT2D eigenvalue weighted by atomic mass is 16.5. The first kappa shape index (κ1) is 16.7. The van der Waals surface area contributed by atoms with E-state index < -0.39 is 0 Å². The SMILES string of the molecule is CC1(C)CCC2=C1CC[C@H]([C@@]1(C)Cc3cnoc3C[C@@H]1C=O)[C@H]2C=O. The Kier molecular flexibility index (Phi) is 3.78. The Morgan fingerprint density at radius 1 is 1.20 bits per heavy atom. The lowest BCUT2D eigenvalue weighted by atomic mass is 9.54. The third kappa shape index (κ3) is 2.37. The Bertz CT molecular complexity index is 744. The Hall–Kier alpha value is -1.71. The maximum absolute atomic E-state index is 12.1. The average molecular weight is 341 g/mol. The van der Waals surface area contributed by atoms with Gasteiger partial charge in [0.15, 0.2) is 0 Å². The fraction of sp³-hybridized carbons (Fsp3) is 0.667. The molecular formula is C21H27NO3. The normalized spacial score (nSPS) is 36.7. The minimum absolute atomic E-state index is 0.0422. The summed E-state index contributed by atoms with van der Waals surface area (Å²) in [4.78, 5) is 24.1. The molecule has 0 amide bonds. The number of hydrogen-bond donors (Lipinski definition) is 0. The first-order chi connectivity index (χ1) is 11.9. The molecule has 0 aliphatic heterocycles.